The first-order valence-electron chi connectivity index (χ1n) is 9.10. The van der Waals surface area contributed by atoms with E-state index in [4.69, 9.17) is 23.2 Å². The second kappa shape index (κ2) is 7.38. The molecule has 2 nitrogen and oxygen atoms in total. The lowest BCUT2D eigenvalue weighted by molar-refractivity contribution is -0.137. The number of piperidine rings is 1. The fourth-order valence-electron chi connectivity index (χ4n) is 3.99. The highest BCUT2D eigenvalue weighted by atomic mass is 35.5. The van der Waals surface area contributed by atoms with E-state index >= 15 is 0 Å². The Kier molecular flexibility index (Phi) is 5.21. The van der Waals surface area contributed by atoms with Gasteiger partial charge in [0.2, 0.25) is 0 Å². The molecule has 0 saturated carbocycles. The van der Waals surface area contributed by atoms with E-state index in [2.05, 4.69) is 5.32 Å². The van der Waals surface area contributed by atoms with Gasteiger partial charge in [-0.2, -0.15) is 13.2 Å². The van der Waals surface area contributed by atoms with Crippen LogP contribution in [0.15, 0.2) is 36.4 Å². The second-order valence-electron chi connectivity index (χ2n) is 7.21. The molecule has 1 aliphatic heterocycles. The molecule has 0 aromatic heterocycles. The van der Waals surface area contributed by atoms with Crippen LogP contribution in [-0.2, 0) is 6.18 Å². The summed E-state index contributed by atoms with van der Waals surface area (Å²) in [4.78, 5) is 0. The minimum absolute atomic E-state index is 0.150. The van der Waals surface area contributed by atoms with E-state index in [-0.39, 0.29) is 6.04 Å². The molecule has 2 N–H and O–H groups in total. The molecule has 2 atom stereocenters. The van der Waals surface area contributed by atoms with Crippen LogP contribution in [-0.4, -0.2) is 17.7 Å². The molecule has 0 spiro atoms. The number of alkyl halides is 3. The van der Waals surface area contributed by atoms with Crippen molar-refractivity contribution >= 4 is 44.7 Å². The Bertz CT molecular complexity index is 1050. The molecule has 4 rings (SSSR count). The number of rotatable bonds is 2. The van der Waals surface area contributed by atoms with E-state index < -0.39 is 17.8 Å². The molecule has 0 amide bonds. The normalized spacial score (nSPS) is 19.3. The van der Waals surface area contributed by atoms with Gasteiger partial charge in [-0.05, 0) is 71.4 Å². The number of aliphatic hydroxyl groups is 1. The van der Waals surface area contributed by atoms with E-state index in [1.807, 2.05) is 0 Å². The Hall–Kier alpha value is -1.53. The third-order valence-electron chi connectivity index (χ3n) is 5.39. The Labute approximate surface area is 170 Å². The summed E-state index contributed by atoms with van der Waals surface area (Å²) in [6, 6.07) is 8.36. The molecule has 7 heteroatoms. The number of hydrogen-bond donors (Lipinski definition) is 2. The first-order valence-corrected chi connectivity index (χ1v) is 9.85. The average Bonchev–Trinajstić information content (AvgIpc) is 2.66. The van der Waals surface area contributed by atoms with E-state index in [0.29, 0.717) is 37.2 Å². The number of hydrogen-bond acceptors (Lipinski definition) is 2. The highest BCUT2D eigenvalue weighted by Crippen LogP contribution is 2.41. The van der Waals surface area contributed by atoms with Crippen molar-refractivity contribution in [3.63, 3.8) is 0 Å². The minimum atomic E-state index is -4.47. The Balaban J connectivity index is 2.01. The maximum absolute atomic E-state index is 13.3. The number of halogens is 5. The van der Waals surface area contributed by atoms with Gasteiger partial charge in [0.15, 0.2) is 0 Å². The average molecular weight is 428 g/mol. The fourth-order valence-corrected chi connectivity index (χ4v) is 4.54. The second-order valence-corrected chi connectivity index (χ2v) is 8.05. The maximum atomic E-state index is 13.3. The molecule has 28 heavy (non-hydrogen) atoms. The first kappa shape index (κ1) is 19.8. The quantitative estimate of drug-likeness (QED) is 0.457. The summed E-state index contributed by atoms with van der Waals surface area (Å²) in [7, 11) is 0. The summed E-state index contributed by atoms with van der Waals surface area (Å²) in [5.74, 6) is 0. The van der Waals surface area contributed by atoms with Crippen molar-refractivity contribution in [3.05, 3.63) is 57.6 Å². The summed E-state index contributed by atoms with van der Waals surface area (Å²) in [6.07, 6.45) is -2.48. The molecular weight excluding hydrogens is 410 g/mol. The molecule has 0 unspecified atom stereocenters. The lowest BCUT2D eigenvalue weighted by atomic mass is 9.88. The van der Waals surface area contributed by atoms with Gasteiger partial charge in [0, 0.05) is 21.5 Å². The molecule has 1 saturated heterocycles. The van der Waals surface area contributed by atoms with Crippen LogP contribution in [0.5, 0.6) is 0 Å². The summed E-state index contributed by atoms with van der Waals surface area (Å²) in [6.45, 7) is 0.807. The monoisotopic (exact) mass is 427 g/mol. The van der Waals surface area contributed by atoms with Gasteiger partial charge in [0.1, 0.15) is 0 Å². The predicted octanol–water partition coefficient (Wildman–Crippen LogP) is 6.49. The largest absolute Gasteiger partial charge is 0.416 e. The molecule has 0 radical (unpaired) electrons. The van der Waals surface area contributed by atoms with Crippen LogP contribution >= 0.6 is 23.2 Å². The highest BCUT2D eigenvalue weighted by Gasteiger charge is 2.31. The molecule has 148 valence electrons. The zero-order valence-corrected chi connectivity index (χ0v) is 16.3. The van der Waals surface area contributed by atoms with Gasteiger partial charge in [-0.25, -0.2) is 0 Å². The van der Waals surface area contributed by atoms with Crippen molar-refractivity contribution in [1.29, 1.82) is 0 Å². The lowest BCUT2D eigenvalue weighted by Gasteiger charge is -2.29. The van der Waals surface area contributed by atoms with Gasteiger partial charge in [0.05, 0.1) is 11.7 Å². The van der Waals surface area contributed by atoms with Crippen molar-refractivity contribution in [2.24, 2.45) is 0 Å². The van der Waals surface area contributed by atoms with Crippen molar-refractivity contribution < 1.29 is 18.3 Å². The van der Waals surface area contributed by atoms with Crippen molar-refractivity contribution in [1.82, 2.24) is 5.32 Å². The number of nitrogens with one attached hydrogen (secondary N) is 1. The smallest absolute Gasteiger partial charge is 0.387 e. The van der Waals surface area contributed by atoms with Crippen LogP contribution in [0, 0.1) is 0 Å². The van der Waals surface area contributed by atoms with Crippen LogP contribution in [0.4, 0.5) is 13.2 Å². The van der Waals surface area contributed by atoms with Crippen molar-refractivity contribution in [3.8, 4) is 0 Å². The Morgan fingerprint density at radius 1 is 0.964 bits per heavy atom. The first-order chi connectivity index (χ1) is 13.3. The third-order valence-corrected chi connectivity index (χ3v) is 5.92. The maximum Gasteiger partial charge on any atom is 0.416 e. The van der Waals surface area contributed by atoms with E-state index in [1.54, 1.807) is 18.2 Å². The molecule has 1 aliphatic rings. The van der Waals surface area contributed by atoms with Crippen LogP contribution in [0.1, 0.15) is 36.5 Å². The fraction of sp³-hybridized carbons (Fsp3) is 0.333. The van der Waals surface area contributed by atoms with Gasteiger partial charge in [-0.1, -0.05) is 35.7 Å². The van der Waals surface area contributed by atoms with Crippen molar-refractivity contribution in [2.45, 2.75) is 37.6 Å². The summed E-state index contributed by atoms with van der Waals surface area (Å²) in [5.41, 5.74) is -0.181. The van der Waals surface area contributed by atoms with Gasteiger partial charge >= 0.3 is 6.18 Å². The van der Waals surface area contributed by atoms with Gasteiger partial charge in [0.25, 0.3) is 0 Å². The van der Waals surface area contributed by atoms with Crippen LogP contribution < -0.4 is 5.32 Å². The van der Waals surface area contributed by atoms with Crippen LogP contribution in [0.25, 0.3) is 21.5 Å². The van der Waals surface area contributed by atoms with E-state index in [0.717, 1.165) is 37.9 Å². The number of benzene rings is 3. The van der Waals surface area contributed by atoms with Gasteiger partial charge in [-0.3, -0.25) is 0 Å². The summed E-state index contributed by atoms with van der Waals surface area (Å²) < 4.78 is 39.9. The number of aliphatic hydroxyl groups excluding tert-OH is 1. The molecule has 1 heterocycles. The molecule has 3 aromatic rings. The molecule has 1 fully saturated rings. The zero-order valence-electron chi connectivity index (χ0n) is 14.8. The van der Waals surface area contributed by atoms with E-state index in [9.17, 15) is 18.3 Å². The van der Waals surface area contributed by atoms with Crippen LogP contribution in [0.2, 0.25) is 10.0 Å². The molecular formula is C21H18Cl2F3NO. The number of fused-ring (bicyclic) bond motifs is 3. The lowest BCUT2D eigenvalue weighted by Crippen LogP contribution is -2.38. The summed E-state index contributed by atoms with van der Waals surface area (Å²) in [5, 5.41) is 17.1. The molecule has 3 aromatic carbocycles. The van der Waals surface area contributed by atoms with Crippen LogP contribution in [0.3, 0.4) is 0 Å². The van der Waals surface area contributed by atoms with E-state index in [1.165, 1.54) is 6.07 Å². The summed E-state index contributed by atoms with van der Waals surface area (Å²) >= 11 is 12.5. The molecule has 0 aliphatic carbocycles. The predicted molar refractivity (Wildman–Crippen MR) is 107 cm³/mol. The topological polar surface area (TPSA) is 32.3 Å². The SMILES string of the molecule is O[C@@H](c1cc2c(Cl)cc(Cl)cc2c2cc(C(F)(F)F)ccc12)[C@H]1CCCCN1. The Morgan fingerprint density at radius 3 is 2.39 bits per heavy atom. The van der Waals surface area contributed by atoms with Gasteiger partial charge < -0.3 is 10.4 Å². The third kappa shape index (κ3) is 3.57. The molecule has 0 bridgehead atoms. The van der Waals surface area contributed by atoms with Crippen molar-refractivity contribution in [2.75, 3.05) is 6.54 Å². The zero-order chi connectivity index (χ0) is 20.1. The van der Waals surface area contributed by atoms with Gasteiger partial charge in [-0.15, -0.1) is 0 Å². The standard InChI is InChI=1S/C21H18Cl2F3NO/c22-12-8-15-14-7-11(21(24,25)26)4-5-13(14)17(10-16(15)18(23)9-12)20(28)19-3-1-2-6-27-19/h4-5,7-10,19-20,27-28H,1-3,6H2/t19-,20+/m1/s1. The Morgan fingerprint density at radius 2 is 1.71 bits per heavy atom. The highest BCUT2D eigenvalue weighted by molar-refractivity contribution is 6.39. The minimum Gasteiger partial charge on any atom is -0.387 e.